The molecule has 2 atom stereocenters. The zero-order valence-electron chi connectivity index (χ0n) is 16.9. The van der Waals surface area contributed by atoms with Gasteiger partial charge in [0.25, 0.3) is 5.91 Å². The topological polar surface area (TPSA) is 42.0 Å². The van der Waals surface area contributed by atoms with Crippen LogP contribution in [0.1, 0.15) is 0 Å². The molecule has 30 heavy (non-hydrogen) atoms. The summed E-state index contributed by atoms with van der Waals surface area (Å²) in [5.74, 6) is 0.721. The van der Waals surface area contributed by atoms with Gasteiger partial charge >= 0.3 is 0 Å². The number of hydrogen-bond donors (Lipinski definition) is 0. The highest BCUT2D eigenvalue weighted by atomic mass is 19.1. The molecule has 1 amide bonds. The first kappa shape index (κ1) is 19.8. The Kier molecular flexibility index (Phi) is 5.57. The van der Waals surface area contributed by atoms with E-state index in [0.717, 1.165) is 17.1 Å². The monoisotopic (exact) mass is 406 g/mol. The molecule has 1 aliphatic rings. The van der Waals surface area contributed by atoms with Gasteiger partial charge in [0.2, 0.25) is 0 Å². The van der Waals surface area contributed by atoms with Crippen molar-refractivity contribution in [2.45, 2.75) is 12.1 Å². The Labute approximate surface area is 175 Å². The van der Waals surface area contributed by atoms with E-state index < -0.39 is 6.10 Å². The Hall–Kier alpha value is -3.54. The molecule has 154 valence electrons. The summed E-state index contributed by atoms with van der Waals surface area (Å²) in [5.41, 5.74) is 1.83. The highest BCUT2D eigenvalue weighted by Crippen LogP contribution is 2.33. The van der Waals surface area contributed by atoms with Crippen LogP contribution in [0.2, 0.25) is 0 Å². The molecule has 0 aromatic heterocycles. The predicted octanol–water partition coefficient (Wildman–Crippen LogP) is 4.13. The maximum Gasteiger partial charge on any atom is 0.270 e. The summed E-state index contributed by atoms with van der Waals surface area (Å²) < 4.78 is 24.4. The largest absolute Gasteiger partial charge is 0.497 e. The molecule has 0 saturated carbocycles. The van der Waals surface area contributed by atoms with Gasteiger partial charge in [-0.1, -0.05) is 18.2 Å². The average Bonchev–Trinajstić information content (AvgIpc) is 2.79. The van der Waals surface area contributed by atoms with Crippen molar-refractivity contribution in [2.75, 3.05) is 30.5 Å². The van der Waals surface area contributed by atoms with Gasteiger partial charge < -0.3 is 14.4 Å². The molecule has 0 aliphatic carbocycles. The molecule has 4 rings (SSSR count). The highest BCUT2D eigenvalue weighted by Gasteiger charge is 2.50. The molecule has 0 bridgehead atoms. The molecular weight excluding hydrogens is 383 g/mol. The van der Waals surface area contributed by atoms with Crippen LogP contribution in [0.15, 0.2) is 78.9 Å². The van der Waals surface area contributed by atoms with Crippen molar-refractivity contribution in [3.8, 4) is 11.5 Å². The van der Waals surface area contributed by atoms with E-state index in [0.29, 0.717) is 12.3 Å². The van der Waals surface area contributed by atoms with Crippen molar-refractivity contribution in [2.24, 2.45) is 0 Å². The third kappa shape index (κ3) is 3.94. The molecule has 0 radical (unpaired) electrons. The van der Waals surface area contributed by atoms with Gasteiger partial charge in [-0.15, -0.1) is 0 Å². The van der Waals surface area contributed by atoms with Crippen LogP contribution in [0.4, 0.5) is 15.8 Å². The lowest BCUT2D eigenvalue weighted by atomic mass is 9.95. The Morgan fingerprint density at radius 2 is 1.57 bits per heavy atom. The lowest BCUT2D eigenvalue weighted by Crippen LogP contribution is -2.70. The molecule has 0 N–H and O–H groups in total. The smallest absolute Gasteiger partial charge is 0.270 e. The zero-order chi connectivity index (χ0) is 21.1. The highest BCUT2D eigenvalue weighted by molar-refractivity contribution is 6.05. The van der Waals surface area contributed by atoms with Gasteiger partial charge in [0.15, 0.2) is 6.10 Å². The second kappa shape index (κ2) is 8.45. The first-order valence-electron chi connectivity index (χ1n) is 9.72. The number of methoxy groups -OCH3 is 1. The van der Waals surface area contributed by atoms with Crippen molar-refractivity contribution >= 4 is 17.3 Å². The third-order valence-electron chi connectivity index (χ3n) is 5.25. The number of β-lactam (4-membered cyclic amide) rings is 1. The Morgan fingerprint density at radius 3 is 2.20 bits per heavy atom. The molecule has 1 fully saturated rings. The van der Waals surface area contributed by atoms with Gasteiger partial charge in [-0.25, -0.2) is 4.39 Å². The fourth-order valence-electron chi connectivity index (χ4n) is 3.61. The minimum absolute atomic E-state index is 0.129. The molecule has 1 aliphatic heterocycles. The molecular formula is C24H23FN2O3. The van der Waals surface area contributed by atoms with Gasteiger partial charge in [-0.05, 0) is 60.7 Å². The lowest BCUT2D eigenvalue weighted by Gasteiger charge is -2.48. The minimum Gasteiger partial charge on any atom is -0.497 e. The van der Waals surface area contributed by atoms with Crippen LogP contribution >= 0.6 is 0 Å². The van der Waals surface area contributed by atoms with Crippen molar-refractivity contribution in [1.82, 2.24) is 0 Å². The fourth-order valence-corrected chi connectivity index (χ4v) is 3.61. The molecule has 5 nitrogen and oxygen atoms in total. The zero-order valence-corrected chi connectivity index (χ0v) is 16.9. The molecule has 0 unspecified atom stereocenters. The summed E-state index contributed by atoms with van der Waals surface area (Å²) in [6, 6.07) is 22.9. The first-order chi connectivity index (χ1) is 14.6. The van der Waals surface area contributed by atoms with E-state index in [1.807, 2.05) is 61.6 Å². The van der Waals surface area contributed by atoms with Crippen molar-refractivity contribution in [3.63, 3.8) is 0 Å². The molecule has 1 saturated heterocycles. The predicted molar refractivity (Wildman–Crippen MR) is 115 cm³/mol. The summed E-state index contributed by atoms with van der Waals surface area (Å²) in [6.07, 6.45) is -0.649. The number of carbonyl (C=O) groups excluding carboxylic acids is 1. The third-order valence-corrected chi connectivity index (χ3v) is 5.25. The van der Waals surface area contributed by atoms with E-state index in [-0.39, 0.29) is 17.8 Å². The number of halogens is 1. The Morgan fingerprint density at radius 1 is 0.933 bits per heavy atom. The first-order valence-corrected chi connectivity index (χ1v) is 9.72. The number of amides is 1. The van der Waals surface area contributed by atoms with E-state index in [1.54, 1.807) is 12.0 Å². The summed E-state index contributed by atoms with van der Waals surface area (Å²) in [6.45, 7) is 0.577. The molecule has 3 aromatic carbocycles. The van der Waals surface area contributed by atoms with Crippen LogP contribution in [0.3, 0.4) is 0 Å². The van der Waals surface area contributed by atoms with Gasteiger partial charge in [0.1, 0.15) is 23.4 Å². The second-order valence-corrected chi connectivity index (χ2v) is 7.18. The number of rotatable bonds is 7. The number of carbonyl (C=O) groups is 1. The number of ether oxygens (including phenoxy) is 2. The molecule has 1 heterocycles. The van der Waals surface area contributed by atoms with E-state index in [9.17, 15) is 9.18 Å². The summed E-state index contributed by atoms with van der Waals surface area (Å²) >= 11 is 0. The lowest BCUT2D eigenvalue weighted by molar-refractivity contribution is -0.134. The number of hydrogen-bond acceptors (Lipinski definition) is 4. The maximum atomic E-state index is 13.2. The number of nitrogens with zero attached hydrogens (tertiary/aromatic N) is 2. The van der Waals surface area contributed by atoms with Crippen LogP contribution in [-0.2, 0) is 4.79 Å². The van der Waals surface area contributed by atoms with Gasteiger partial charge in [-0.2, -0.15) is 0 Å². The summed E-state index contributed by atoms with van der Waals surface area (Å²) in [5, 5.41) is 0. The number of para-hydroxylation sites is 1. The van der Waals surface area contributed by atoms with Crippen molar-refractivity contribution in [1.29, 1.82) is 0 Å². The van der Waals surface area contributed by atoms with E-state index in [2.05, 4.69) is 4.90 Å². The van der Waals surface area contributed by atoms with Crippen molar-refractivity contribution in [3.05, 3.63) is 84.7 Å². The number of likely N-dealkylation sites (N-methyl/N-ethyl adjacent to an activating group) is 1. The normalized spacial score (nSPS) is 18.0. The van der Waals surface area contributed by atoms with E-state index in [4.69, 9.17) is 9.47 Å². The molecule has 0 spiro atoms. The minimum atomic E-state index is -0.649. The van der Waals surface area contributed by atoms with Gasteiger partial charge in [0, 0.05) is 25.0 Å². The molecule has 6 heteroatoms. The second-order valence-electron chi connectivity index (χ2n) is 7.18. The van der Waals surface area contributed by atoms with Crippen LogP contribution < -0.4 is 19.3 Å². The van der Waals surface area contributed by atoms with E-state index in [1.165, 1.54) is 24.3 Å². The quantitative estimate of drug-likeness (QED) is 0.553. The van der Waals surface area contributed by atoms with Gasteiger partial charge in [0.05, 0.1) is 7.11 Å². The van der Waals surface area contributed by atoms with Crippen LogP contribution in [-0.4, -0.2) is 38.8 Å². The van der Waals surface area contributed by atoms with Gasteiger partial charge in [-0.3, -0.25) is 9.69 Å². The average molecular weight is 406 g/mol. The SMILES string of the molecule is COc1ccc(N2C(=O)[C@@H](Oc3ccc(F)cc3)[C@H]2CN(C)c2ccccc2)cc1. The Bertz CT molecular complexity index is 993. The Balaban J connectivity index is 1.58. The van der Waals surface area contributed by atoms with Crippen molar-refractivity contribution < 1.29 is 18.7 Å². The van der Waals surface area contributed by atoms with Crippen LogP contribution in [0.5, 0.6) is 11.5 Å². The number of benzene rings is 3. The van der Waals surface area contributed by atoms with E-state index >= 15 is 0 Å². The van der Waals surface area contributed by atoms with Crippen LogP contribution in [0.25, 0.3) is 0 Å². The fraction of sp³-hybridized carbons (Fsp3) is 0.208. The summed E-state index contributed by atoms with van der Waals surface area (Å²) in [7, 11) is 3.59. The maximum absolute atomic E-state index is 13.2. The van der Waals surface area contributed by atoms with Crippen LogP contribution in [0, 0.1) is 5.82 Å². The molecule has 3 aromatic rings. The standard InChI is InChI=1S/C24H23FN2O3/c1-26(18-6-4-3-5-7-18)16-22-23(30-21-12-8-17(25)9-13-21)24(28)27(22)19-10-14-20(29-2)15-11-19/h3-15,22-23H,16H2,1-2H3/t22-,23+/m1/s1. The summed E-state index contributed by atoms with van der Waals surface area (Å²) in [4.78, 5) is 16.8. The number of anilines is 2.